The van der Waals surface area contributed by atoms with Crippen molar-refractivity contribution in [3.8, 4) is 22.2 Å². The Labute approximate surface area is 132 Å². The summed E-state index contributed by atoms with van der Waals surface area (Å²) in [6.45, 7) is 2.01. The van der Waals surface area contributed by atoms with Crippen LogP contribution in [0.5, 0.6) is 0 Å². The number of pyridine rings is 1. The number of thiazole rings is 1. The predicted molar refractivity (Wildman–Crippen MR) is 84.6 cm³/mol. The number of hydrogen-bond acceptors (Lipinski definition) is 6. The molecule has 1 aliphatic rings. The van der Waals surface area contributed by atoms with E-state index in [9.17, 15) is 0 Å². The SMILES string of the molecule is Cc1nc(C2CCCC2)sc1-c1nc(-c2ccncc2)no1. The van der Waals surface area contributed by atoms with E-state index in [4.69, 9.17) is 9.51 Å². The minimum atomic E-state index is 0.561. The largest absolute Gasteiger partial charge is 0.333 e. The lowest BCUT2D eigenvalue weighted by Crippen LogP contribution is -1.90. The van der Waals surface area contributed by atoms with Gasteiger partial charge in [-0.1, -0.05) is 18.0 Å². The van der Waals surface area contributed by atoms with Crippen LogP contribution in [-0.4, -0.2) is 20.1 Å². The average Bonchev–Trinajstić information content (AvgIpc) is 3.28. The smallest absolute Gasteiger partial charge is 0.270 e. The number of rotatable bonds is 3. The van der Waals surface area contributed by atoms with Gasteiger partial charge in [-0.15, -0.1) is 11.3 Å². The first kappa shape index (κ1) is 13.6. The van der Waals surface area contributed by atoms with Gasteiger partial charge in [0.25, 0.3) is 5.89 Å². The van der Waals surface area contributed by atoms with Crippen molar-refractivity contribution in [2.75, 3.05) is 0 Å². The molecule has 0 unspecified atom stereocenters. The summed E-state index contributed by atoms with van der Waals surface area (Å²) in [6.07, 6.45) is 8.57. The Kier molecular flexibility index (Phi) is 3.46. The zero-order chi connectivity index (χ0) is 14.9. The molecule has 3 aromatic heterocycles. The number of aryl methyl sites for hydroxylation is 1. The van der Waals surface area contributed by atoms with Crippen LogP contribution in [-0.2, 0) is 0 Å². The van der Waals surface area contributed by atoms with Crippen molar-refractivity contribution in [1.29, 1.82) is 0 Å². The monoisotopic (exact) mass is 312 g/mol. The molecule has 6 heteroatoms. The first-order valence-electron chi connectivity index (χ1n) is 7.53. The Morgan fingerprint density at radius 3 is 2.68 bits per heavy atom. The highest BCUT2D eigenvalue weighted by molar-refractivity contribution is 7.15. The van der Waals surface area contributed by atoms with Crippen LogP contribution < -0.4 is 0 Å². The van der Waals surface area contributed by atoms with Gasteiger partial charge in [-0.2, -0.15) is 4.98 Å². The van der Waals surface area contributed by atoms with Gasteiger partial charge in [0.05, 0.1) is 10.7 Å². The second kappa shape index (κ2) is 5.61. The van der Waals surface area contributed by atoms with E-state index in [0.29, 0.717) is 17.6 Å². The molecule has 4 rings (SSSR count). The molecule has 3 aromatic rings. The molecule has 0 aliphatic heterocycles. The normalized spacial score (nSPS) is 15.5. The highest BCUT2D eigenvalue weighted by atomic mass is 32.1. The van der Waals surface area contributed by atoms with E-state index in [1.54, 1.807) is 23.7 Å². The van der Waals surface area contributed by atoms with Gasteiger partial charge in [-0.25, -0.2) is 4.98 Å². The molecule has 0 radical (unpaired) electrons. The van der Waals surface area contributed by atoms with Crippen LogP contribution in [0.15, 0.2) is 29.0 Å². The molecule has 1 saturated carbocycles. The van der Waals surface area contributed by atoms with Gasteiger partial charge in [0.2, 0.25) is 5.82 Å². The second-order valence-electron chi connectivity index (χ2n) is 5.61. The van der Waals surface area contributed by atoms with E-state index in [1.807, 2.05) is 19.1 Å². The first-order chi connectivity index (χ1) is 10.8. The van der Waals surface area contributed by atoms with Crippen LogP contribution in [0, 0.1) is 6.92 Å². The lowest BCUT2D eigenvalue weighted by Gasteiger charge is -2.01. The van der Waals surface area contributed by atoms with Gasteiger partial charge in [-0.3, -0.25) is 4.98 Å². The van der Waals surface area contributed by atoms with Crippen molar-refractivity contribution in [2.45, 2.75) is 38.5 Å². The standard InChI is InChI=1S/C16H16N4OS/c1-10-13(22-16(18-10)12-4-2-3-5-12)15-19-14(20-21-15)11-6-8-17-9-7-11/h6-9,12H,2-5H2,1H3. The topological polar surface area (TPSA) is 64.7 Å². The highest BCUT2D eigenvalue weighted by Gasteiger charge is 2.24. The molecule has 0 atom stereocenters. The van der Waals surface area contributed by atoms with Crippen LogP contribution in [0.4, 0.5) is 0 Å². The minimum absolute atomic E-state index is 0.561. The number of aromatic nitrogens is 4. The van der Waals surface area contributed by atoms with Crippen LogP contribution in [0.2, 0.25) is 0 Å². The fourth-order valence-corrected chi connectivity index (χ4v) is 4.05. The summed E-state index contributed by atoms with van der Waals surface area (Å²) in [7, 11) is 0. The summed E-state index contributed by atoms with van der Waals surface area (Å²) >= 11 is 1.70. The van der Waals surface area contributed by atoms with Crippen LogP contribution in [0.1, 0.15) is 42.3 Å². The molecule has 0 spiro atoms. The van der Waals surface area contributed by atoms with Crippen LogP contribution in [0.25, 0.3) is 22.2 Å². The van der Waals surface area contributed by atoms with Gasteiger partial charge >= 0.3 is 0 Å². The lowest BCUT2D eigenvalue weighted by atomic mass is 10.1. The third kappa shape index (κ3) is 2.43. The molecule has 1 aliphatic carbocycles. The van der Waals surface area contributed by atoms with Gasteiger partial charge < -0.3 is 4.52 Å². The number of hydrogen-bond donors (Lipinski definition) is 0. The van der Waals surface area contributed by atoms with E-state index in [-0.39, 0.29) is 0 Å². The van der Waals surface area contributed by atoms with Crippen molar-refractivity contribution >= 4 is 11.3 Å². The maximum atomic E-state index is 5.45. The zero-order valence-corrected chi connectivity index (χ0v) is 13.1. The summed E-state index contributed by atoms with van der Waals surface area (Å²) in [6, 6.07) is 3.75. The van der Waals surface area contributed by atoms with E-state index >= 15 is 0 Å². The predicted octanol–water partition coefficient (Wildman–Crippen LogP) is 4.22. The second-order valence-corrected chi connectivity index (χ2v) is 6.64. The average molecular weight is 312 g/mol. The van der Waals surface area contributed by atoms with Crippen molar-refractivity contribution in [2.24, 2.45) is 0 Å². The Hall–Kier alpha value is -2.08. The highest BCUT2D eigenvalue weighted by Crippen LogP contribution is 2.40. The fourth-order valence-electron chi connectivity index (χ4n) is 2.90. The fraction of sp³-hybridized carbons (Fsp3) is 0.375. The summed E-state index contributed by atoms with van der Waals surface area (Å²) in [5.41, 5.74) is 1.89. The van der Waals surface area contributed by atoms with Crippen LogP contribution >= 0.6 is 11.3 Å². The quantitative estimate of drug-likeness (QED) is 0.724. The Balaban J connectivity index is 1.66. The summed E-state index contributed by atoms with van der Waals surface area (Å²) in [5.74, 6) is 1.76. The zero-order valence-electron chi connectivity index (χ0n) is 12.3. The number of nitrogens with zero attached hydrogens (tertiary/aromatic N) is 4. The van der Waals surface area contributed by atoms with Crippen molar-refractivity contribution < 1.29 is 4.52 Å². The molecule has 5 nitrogen and oxygen atoms in total. The molecule has 3 heterocycles. The molecule has 112 valence electrons. The first-order valence-corrected chi connectivity index (χ1v) is 8.35. The molecule has 0 aromatic carbocycles. The van der Waals surface area contributed by atoms with Gasteiger partial charge in [0, 0.05) is 23.9 Å². The summed E-state index contributed by atoms with van der Waals surface area (Å²) in [4.78, 5) is 14.2. The van der Waals surface area contributed by atoms with Gasteiger partial charge in [0.1, 0.15) is 4.88 Å². The molecule has 0 saturated heterocycles. The van der Waals surface area contributed by atoms with E-state index in [2.05, 4.69) is 15.1 Å². The van der Waals surface area contributed by atoms with E-state index < -0.39 is 0 Å². The Morgan fingerprint density at radius 2 is 1.91 bits per heavy atom. The van der Waals surface area contributed by atoms with E-state index in [1.165, 1.54) is 30.7 Å². The van der Waals surface area contributed by atoms with Crippen LogP contribution in [0.3, 0.4) is 0 Å². The van der Waals surface area contributed by atoms with Crippen molar-refractivity contribution in [3.05, 3.63) is 35.2 Å². The molecule has 0 bridgehead atoms. The van der Waals surface area contributed by atoms with Gasteiger partial charge in [0.15, 0.2) is 0 Å². The maximum absolute atomic E-state index is 5.45. The lowest BCUT2D eigenvalue weighted by molar-refractivity contribution is 0.433. The van der Waals surface area contributed by atoms with Crippen molar-refractivity contribution in [3.63, 3.8) is 0 Å². The third-order valence-corrected chi connectivity index (χ3v) is 5.38. The molecular weight excluding hydrogens is 296 g/mol. The molecule has 0 N–H and O–H groups in total. The summed E-state index contributed by atoms with van der Waals surface area (Å²) in [5, 5.41) is 5.29. The minimum Gasteiger partial charge on any atom is -0.333 e. The Morgan fingerprint density at radius 1 is 1.14 bits per heavy atom. The Bertz CT molecular complexity index is 775. The molecule has 0 amide bonds. The van der Waals surface area contributed by atoms with Crippen molar-refractivity contribution in [1.82, 2.24) is 20.1 Å². The molecular formula is C16H16N4OS. The van der Waals surface area contributed by atoms with E-state index in [0.717, 1.165) is 16.1 Å². The summed E-state index contributed by atoms with van der Waals surface area (Å²) < 4.78 is 5.45. The third-order valence-electron chi connectivity index (χ3n) is 4.08. The van der Waals surface area contributed by atoms with Gasteiger partial charge in [-0.05, 0) is 31.9 Å². The molecule has 22 heavy (non-hydrogen) atoms. The molecule has 1 fully saturated rings. The maximum Gasteiger partial charge on any atom is 0.270 e.